The molecule has 1 N–H and O–H groups in total. The highest BCUT2D eigenvalue weighted by atomic mass is 32.2. The van der Waals surface area contributed by atoms with E-state index < -0.39 is 60.4 Å². The normalized spacial score (nSPS) is 17.7. The summed E-state index contributed by atoms with van der Waals surface area (Å²) in [4.78, 5) is 72.7. The van der Waals surface area contributed by atoms with E-state index in [-0.39, 0.29) is 10.7 Å². The lowest BCUT2D eigenvalue weighted by atomic mass is 10.0. The molecule has 3 rings (SSSR count). The lowest BCUT2D eigenvalue weighted by Gasteiger charge is -2.35. The van der Waals surface area contributed by atoms with Gasteiger partial charge < -0.3 is 23.8 Å². The number of nitrogens with one attached hydrogen (secondary N) is 1. The number of amides is 5. The molecule has 0 saturated carbocycles. The fraction of sp³-hybridized carbons (Fsp3) is 0.538. The van der Waals surface area contributed by atoms with Gasteiger partial charge in [0.05, 0.1) is 42.1 Å². The number of carbonyl (C=O) groups is 5. The quantitative estimate of drug-likeness (QED) is 0.296. The molecule has 2 heterocycles. The van der Waals surface area contributed by atoms with E-state index in [4.69, 9.17) is 18.9 Å². The van der Waals surface area contributed by atoms with E-state index >= 15 is 0 Å². The molecule has 1 aromatic rings. The van der Waals surface area contributed by atoms with Gasteiger partial charge in [0, 0.05) is 12.6 Å². The lowest BCUT2D eigenvalue weighted by Crippen LogP contribution is -2.59. The van der Waals surface area contributed by atoms with Crippen molar-refractivity contribution in [3.05, 3.63) is 29.8 Å². The Morgan fingerprint density at radius 3 is 1.98 bits per heavy atom. The van der Waals surface area contributed by atoms with Gasteiger partial charge in [-0.2, -0.15) is 10.0 Å². The van der Waals surface area contributed by atoms with Crippen LogP contribution in [0.5, 0.6) is 0 Å². The highest BCUT2D eigenvalue weighted by Crippen LogP contribution is 2.49. The number of carbonyl (C=O) groups excluding carboxylic acids is 5. The number of nitrogens with zero attached hydrogens (tertiary/aromatic N) is 5. The molecule has 2 aliphatic heterocycles. The Bertz CT molecular complexity index is 1270. The first-order chi connectivity index (χ1) is 19.6. The molecule has 42 heavy (non-hydrogen) atoms. The van der Waals surface area contributed by atoms with Gasteiger partial charge in [-0.15, -0.1) is 4.41 Å². The molecule has 1 aromatic carbocycles. The number of para-hydroxylation sites is 1. The molecule has 0 fully saturated rings. The van der Waals surface area contributed by atoms with Gasteiger partial charge in [0.1, 0.15) is 0 Å². The van der Waals surface area contributed by atoms with Crippen LogP contribution in [0.2, 0.25) is 0 Å². The molecule has 1 atom stereocenters. The van der Waals surface area contributed by atoms with Crippen molar-refractivity contribution in [3.63, 3.8) is 0 Å². The molecular weight excluding hydrogens is 572 g/mol. The van der Waals surface area contributed by atoms with Crippen molar-refractivity contribution < 1.29 is 42.9 Å². The van der Waals surface area contributed by atoms with Crippen LogP contribution in [0.15, 0.2) is 29.3 Å². The van der Waals surface area contributed by atoms with Crippen molar-refractivity contribution in [3.8, 4) is 0 Å². The second kappa shape index (κ2) is 12.8. The maximum atomic E-state index is 14.0. The second-order valence-electron chi connectivity index (χ2n) is 10.3. The van der Waals surface area contributed by atoms with Crippen LogP contribution in [0.4, 0.5) is 24.9 Å². The fourth-order valence-corrected chi connectivity index (χ4v) is 4.80. The standard InChI is InChI=1S/C26H36N6O9S/c1-14(2)38-22(34)28-32(25(37)41-17(7)8)42-21-27-26(18-12-10-11-13-19(18)29(9)20(26)33)31(24(36)40-16(5)6)30(21)23(35)39-15(3)4/h10-17H,1-9H3,(H,28,34). The van der Waals surface area contributed by atoms with Crippen LogP contribution in [-0.4, -0.2) is 81.3 Å². The molecule has 16 heteroatoms. The van der Waals surface area contributed by atoms with E-state index in [1.165, 1.54) is 11.9 Å². The van der Waals surface area contributed by atoms with Gasteiger partial charge in [0.2, 0.25) is 5.17 Å². The molecule has 0 radical (unpaired) electrons. The van der Waals surface area contributed by atoms with E-state index in [2.05, 4.69) is 10.4 Å². The average molecular weight is 609 g/mol. The maximum absolute atomic E-state index is 14.0. The number of benzene rings is 1. The largest absolute Gasteiger partial charge is 0.446 e. The number of fused-ring (bicyclic) bond motifs is 2. The Morgan fingerprint density at radius 1 is 0.857 bits per heavy atom. The topological polar surface area (TPSA) is 160 Å². The summed E-state index contributed by atoms with van der Waals surface area (Å²) in [5.74, 6) is -0.689. The third-order valence-corrected chi connectivity index (χ3v) is 6.27. The predicted octanol–water partition coefficient (Wildman–Crippen LogP) is 4.34. The molecule has 15 nitrogen and oxygen atoms in total. The van der Waals surface area contributed by atoms with Crippen molar-refractivity contribution in [1.29, 1.82) is 0 Å². The molecule has 0 bridgehead atoms. The minimum atomic E-state index is -2.15. The van der Waals surface area contributed by atoms with Crippen molar-refractivity contribution in [2.45, 2.75) is 85.5 Å². The summed E-state index contributed by atoms with van der Waals surface area (Å²) in [6.45, 7) is 12.8. The molecule has 5 amide bonds. The minimum Gasteiger partial charge on any atom is -0.446 e. The Hall–Kier alpha value is -4.21. The van der Waals surface area contributed by atoms with Crippen LogP contribution in [0, 0.1) is 0 Å². The van der Waals surface area contributed by atoms with Crippen molar-refractivity contribution in [2.75, 3.05) is 11.9 Å². The van der Waals surface area contributed by atoms with Gasteiger partial charge in [-0.25, -0.2) is 29.6 Å². The Labute approximate surface area is 248 Å². The van der Waals surface area contributed by atoms with E-state index in [0.717, 1.165) is 5.01 Å². The number of hydrogen-bond acceptors (Lipinski definition) is 11. The number of rotatable bonds is 4. The van der Waals surface area contributed by atoms with Crippen LogP contribution in [-0.2, 0) is 29.4 Å². The monoisotopic (exact) mass is 608 g/mol. The molecule has 0 saturated heterocycles. The maximum Gasteiger partial charge on any atom is 0.440 e. The minimum absolute atomic E-state index is 0.264. The molecule has 1 spiro atoms. The molecule has 2 aliphatic rings. The summed E-state index contributed by atoms with van der Waals surface area (Å²) in [6.07, 6.45) is -6.70. The van der Waals surface area contributed by atoms with Crippen molar-refractivity contribution in [2.24, 2.45) is 4.99 Å². The Kier molecular flexibility index (Phi) is 9.81. The SMILES string of the molecule is CC(C)OC(=O)NN(SC1=NC2(C(=O)N(C)c3ccccc32)N(C(=O)OC(C)C)N1C(=O)OC(C)C)C(=O)OC(C)C. The molecule has 1 unspecified atom stereocenters. The van der Waals surface area contributed by atoms with Gasteiger partial charge >= 0.3 is 24.4 Å². The van der Waals surface area contributed by atoms with Crippen LogP contribution >= 0.6 is 11.9 Å². The number of aliphatic imine (C=N–C) groups is 1. The summed E-state index contributed by atoms with van der Waals surface area (Å²) in [5, 5.41) is 1.07. The number of ether oxygens (including phenoxy) is 4. The lowest BCUT2D eigenvalue weighted by molar-refractivity contribution is -0.133. The van der Waals surface area contributed by atoms with Crippen LogP contribution in [0.3, 0.4) is 0 Å². The number of hydrazine groups is 2. The predicted molar refractivity (Wildman–Crippen MR) is 152 cm³/mol. The zero-order valence-corrected chi connectivity index (χ0v) is 25.8. The first-order valence-electron chi connectivity index (χ1n) is 13.2. The van der Waals surface area contributed by atoms with Gasteiger partial charge in [0.15, 0.2) is 0 Å². The second-order valence-corrected chi connectivity index (χ2v) is 11.2. The summed E-state index contributed by atoms with van der Waals surface area (Å²) < 4.78 is 21.9. The highest BCUT2D eigenvalue weighted by Gasteiger charge is 2.65. The summed E-state index contributed by atoms with van der Waals surface area (Å²) in [5.41, 5.74) is 0.781. The van der Waals surface area contributed by atoms with Gasteiger partial charge in [-0.3, -0.25) is 4.79 Å². The third kappa shape index (κ3) is 6.48. The third-order valence-electron chi connectivity index (χ3n) is 5.42. The first kappa shape index (κ1) is 32.3. The zero-order valence-electron chi connectivity index (χ0n) is 24.9. The van der Waals surface area contributed by atoms with E-state index in [1.54, 1.807) is 79.7 Å². The molecular formula is C26H36N6O9S. The van der Waals surface area contributed by atoms with Crippen LogP contribution < -0.4 is 10.3 Å². The zero-order chi connectivity index (χ0) is 31.5. The van der Waals surface area contributed by atoms with Crippen LogP contribution in [0.25, 0.3) is 0 Å². The highest BCUT2D eigenvalue weighted by molar-refractivity contribution is 8.12. The smallest absolute Gasteiger partial charge is 0.440 e. The molecule has 230 valence electrons. The summed E-state index contributed by atoms with van der Waals surface area (Å²) in [7, 11) is 1.50. The van der Waals surface area contributed by atoms with Crippen molar-refractivity contribution in [1.82, 2.24) is 19.9 Å². The Balaban J connectivity index is 2.23. The molecule has 0 aliphatic carbocycles. The van der Waals surface area contributed by atoms with E-state index in [9.17, 15) is 24.0 Å². The van der Waals surface area contributed by atoms with Crippen LogP contribution in [0.1, 0.15) is 61.0 Å². The van der Waals surface area contributed by atoms with E-state index in [1.807, 2.05) is 0 Å². The van der Waals surface area contributed by atoms with E-state index in [0.29, 0.717) is 27.1 Å². The molecule has 0 aromatic heterocycles. The van der Waals surface area contributed by atoms with Gasteiger partial charge in [-0.1, -0.05) is 18.2 Å². The summed E-state index contributed by atoms with van der Waals surface area (Å²) >= 11 is 0.402. The number of hydrogen-bond donors (Lipinski definition) is 1. The summed E-state index contributed by atoms with van der Waals surface area (Å²) in [6, 6.07) is 6.58. The van der Waals surface area contributed by atoms with Gasteiger partial charge in [0.25, 0.3) is 11.6 Å². The first-order valence-corrected chi connectivity index (χ1v) is 14.0. The van der Waals surface area contributed by atoms with Crippen molar-refractivity contribution >= 4 is 53.1 Å². The Morgan fingerprint density at radius 2 is 1.40 bits per heavy atom. The number of likely N-dealkylation sites (N-methyl/N-ethyl adjacent to an activating group) is 1. The fourth-order valence-electron chi connectivity index (χ4n) is 3.99. The number of amidine groups is 1. The average Bonchev–Trinajstić information content (AvgIpc) is 3.31. The number of anilines is 1. The van der Waals surface area contributed by atoms with Gasteiger partial charge in [-0.05, 0) is 61.5 Å².